The number of carbonyl (C=O) groups excluding carboxylic acids is 2. The summed E-state index contributed by atoms with van der Waals surface area (Å²) in [7, 11) is 0. The van der Waals surface area contributed by atoms with Crippen molar-refractivity contribution in [2.24, 2.45) is 0 Å². The number of aliphatic hydroxyl groups is 1. The second kappa shape index (κ2) is 4.90. The van der Waals surface area contributed by atoms with E-state index in [1.54, 1.807) is 25.1 Å². The summed E-state index contributed by atoms with van der Waals surface area (Å²) >= 11 is 0. The summed E-state index contributed by atoms with van der Waals surface area (Å²) in [5.74, 6) is -1.59. The van der Waals surface area contributed by atoms with Gasteiger partial charge in [0.15, 0.2) is 0 Å². The Labute approximate surface area is 93.9 Å². The Morgan fingerprint density at radius 2 is 1.88 bits per heavy atom. The van der Waals surface area contributed by atoms with Crippen LogP contribution in [0.15, 0.2) is 30.3 Å². The molecular weight excluding hydrogens is 208 g/mol. The zero-order valence-electron chi connectivity index (χ0n) is 9.27. The molecule has 0 heterocycles. The van der Waals surface area contributed by atoms with Crippen LogP contribution in [-0.4, -0.2) is 29.1 Å². The van der Waals surface area contributed by atoms with Crippen LogP contribution < -0.4 is 0 Å². The lowest BCUT2D eigenvalue weighted by molar-refractivity contribution is -0.158. The van der Waals surface area contributed by atoms with Gasteiger partial charge in [-0.3, -0.25) is 4.79 Å². The van der Waals surface area contributed by atoms with E-state index in [4.69, 9.17) is 0 Å². The van der Waals surface area contributed by atoms with Crippen LogP contribution in [0, 0.1) is 0 Å². The number of Topliss-reactive ketones (excluding diaryl/α,β-unsaturated/α-hetero) is 1. The molecule has 0 saturated heterocycles. The first-order chi connectivity index (χ1) is 7.50. The highest BCUT2D eigenvalue weighted by Gasteiger charge is 2.40. The van der Waals surface area contributed by atoms with E-state index in [9.17, 15) is 14.7 Å². The van der Waals surface area contributed by atoms with Crippen molar-refractivity contribution in [3.63, 3.8) is 0 Å². The van der Waals surface area contributed by atoms with Gasteiger partial charge in [-0.05, 0) is 13.8 Å². The lowest BCUT2D eigenvalue weighted by Crippen LogP contribution is -2.44. The molecule has 0 aromatic heterocycles. The number of rotatable bonds is 4. The van der Waals surface area contributed by atoms with E-state index < -0.39 is 17.4 Å². The van der Waals surface area contributed by atoms with E-state index in [0.29, 0.717) is 0 Å². The number of ketones is 1. The maximum Gasteiger partial charge on any atom is 0.346 e. The van der Waals surface area contributed by atoms with Gasteiger partial charge in [0.25, 0.3) is 0 Å². The summed E-state index contributed by atoms with van der Waals surface area (Å²) in [5.41, 5.74) is -1.85. The van der Waals surface area contributed by atoms with Gasteiger partial charge in [-0.25, -0.2) is 4.79 Å². The Morgan fingerprint density at radius 1 is 1.31 bits per heavy atom. The van der Waals surface area contributed by atoms with Crippen LogP contribution in [0.3, 0.4) is 0 Å². The highest BCUT2D eigenvalue weighted by Crippen LogP contribution is 2.14. The van der Waals surface area contributed by atoms with E-state index >= 15 is 0 Å². The molecule has 0 aliphatic heterocycles. The van der Waals surface area contributed by atoms with Gasteiger partial charge in [0.05, 0.1) is 6.61 Å². The van der Waals surface area contributed by atoms with Crippen LogP contribution >= 0.6 is 0 Å². The summed E-state index contributed by atoms with van der Waals surface area (Å²) < 4.78 is 4.64. The molecule has 1 rings (SSSR count). The maximum atomic E-state index is 11.8. The smallest absolute Gasteiger partial charge is 0.346 e. The highest BCUT2D eigenvalue weighted by atomic mass is 16.5. The number of esters is 1. The molecule has 1 N–H and O–H groups in total. The molecule has 0 saturated carbocycles. The van der Waals surface area contributed by atoms with Gasteiger partial charge in [-0.2, -0.15) is 0 Å². The molecule has 1 aromatic carbocycles. The Bertz CT molecular complexity index is 381. The van der Waals surface area contributed by atoms with E-state index in [1.807, 2.05) is 0 Å². The highest BCUT2D eigenvalue weighted by molar-refractivity contribution is 6.14. The van der Waals surface area contributed by atoms with Crippen LogP contribution in [0.4, 0.5) is 0 Å². The average molecular weight is 222 g/mol. The Hall–Kier alpha value is -1.68. The molecule has 0 aliphatic rings. The van der Waals surface area contributed by atoms with Crippen LogP contribution in [0.1, 0.15) is 24.2 Å². The number of hydrogen-bond acceptors (Lipinski definition) is 4. The third-order valence-corrected chi connectivity index (χ3v) is 2.15. The molecule has 4 nitrogen and oxygen atoms in total. The second-order valence-corrected chi connectivity index (χ2v) is 3.49. The van der Waals surface area contributed by atoms with Gasteiger partial charge >= 0.3 is 5.97 Å². The molecular formula is C12H14O4. The fraction of sp³-hybridized carbons (Fsp3) is 0.333. The molecule has 0 spiro atoms. The second-order valence-electron chi connectivity index (χ2n) is 3.49. The third kappa shape index (κ3) is 2.46. The summed E-state index contributed by atoms with van der Waals surface area (Å²) in [4.78, 5) is 23.2. The Kier molecular flexibility index (Phi) is 3.79. The standard InChI is InChI=1S/C12H14O4/c1-3-16-11(14)12(2,15)10(13)9-7-5-4-6-8-9/h4-8,15H,3H2,1-2H3. The molecule has 0 amide bonds. The van der Waals surface area contributed by atoms with Crippen molar-refractivity contribution >= 4 is 11.8 Å². The van der Waals surface area contributed by atoms with E-state index in [2.05, 4.69) is 4.74 Å². The molecule has 16 heavy (non-hydrogen) atoms. The van der Waals surface area contributed by atoms with E-state index in [1.165, 1.54) is 12.1 Å². The quantitative estimate of drug-likeness (QED) is 0.472. The van der Waals surface area contributed by atoms with Crippen molar-refractivity contribution in [3.05, 3.63) is 35.9 Å². The normalized spacial score (nSPS) is 13.9. The van der Waals surface area contributed by atoms with Crippen molar-refractivity contribution in [2.75, 3.05) is 6.61 Å². The monoisotopic (exact) mass is 222 g/mol. The van der Waals surface area contributed by atoms with Crippen LogP contribution in [0.5, 0.6) is 0 Å². The number of carbonyl (C=O) groups is 2. The molecule has 0 fully saturated rings. The van der Waals surface area contributed by atoms with Crippen molar-refractivity contribution in [1.29, 1.82) is 0 Å². The molecule has 0 radical (unpaired) electrons. The minimum absolute atomic E-state index is 0.122. The molecule has 4 heteroatoms. The zero-order valence-corrected chi connectivity index (χ0v) is 9.27. The van der Waals surface area contributed by atoms with Crippen LogP contribution in [0.25, 0.3) is 0 Å². The third-order valence-electron chi connectivity index (χ3n) is 2.15. The minimum atomic E-state index is -2.13. The van der Waals surface area contributed by atoms with E-state index in [0.717, 1.165) is 6.92 Å². The molecule has 1 unspecified atom stereocenters. The molecule has 0 bridgehead atoms. The average Bonchev–Trinajstić information content (AvgIpc) is 2.29. The predicted octanol–water partition coefficient (Wildman–Crippen LogP) is 1.18. The lowest BCUT2D eigenvalue weighted by atomic mass is 9.95. The topological polar surface area (TPSA) is 63.6 Å². The molecule has 86 valence electrons. The van der Waals surface area contributed by atoms with Crippen LogP contribution in [0.2, 0.25) is 0 Å². The molecule has 1 aromatic rings. The van der Waals surface area contributed by atoms with Gasteiger partial charge in [-0.15, -0.1) is 0 Å². The molecule has 1 atom stereocenters. The fourth-order valence-electron chi connectivity index (χ4n) is 1.23. The minimum Gasteiger partial charge on any atom is -0.464 e. The van der Waals surface area contributed by atoms with Crippen molar-refractivity contribution in [2.45, 2.75) is 19.4 Å². The first-order valence-electron chi connectivity index (χ1n) is 4.99. The van der Waals surface area contributed by atoms with Gasteiger partial charge in [-0.1, -0.05) is 30.3 Å². The maximum absolute atomic E-state index is 11.8. The summed E-state index contributed by atoms with van der Waals surface area (Å²) in [5, 5.41) is 9.81. The van der Waals surface area contributed by atoms with Gasteiger partial charge in [0, 0.05) is 5.56 Å². The first-order valence-corrected chi connectivity index (χ1v) is 4.99. The largest absolute Gasteiger partial charge is 0.464 e. The Morgan fingerprint density at radius 3 is 2.38 bits per heavy atom. The number of benzene rings is 1. The SMILES string of the molecule is CCOC(=O)C(C)(O)C(=O)c1ccccc1. The van der Waals surface area contributed by atoms with Crippen LogP contribution in [-0.2, 0) is 9.53 Å². The van der Waals surface area contributed by atoms with Crippen molar-refractivity contribution in [1.82, 2.24) is 0 Å². The fourth-order valence-corrected chi connectivity index (χ4v) is 1.23. The van der Waals surface area contributed by atoms with Crippen molar-refractivity contribution in [3.8, 4) is 0 Å². The van der Waals surface area contributed by atoms with Crippen molar-refractivity contribution < 1.29 is 19.4 Å². The molecule has 0 aliphatic carbocycles. The number of hydrogen-bond donors (Lipinski definition) is 1. The van der Waals surface area contributed by atoms with Gasteiger partial charge in [0.1, 0.15) is 0 Å². The predicted molar refractivity (Wildman–Crippen MR) is 58.0 cm³/mol. The lowest BCUT2D eigenvalue weighted by Gasteiger charge is -2.19. The first kappa shape index (κ1) is 12.4. The number of ether oxygens (including phenoxy) is 1. The Balaban J connectivity index is 2.92. The zero-order chi connectivity index (χ0) is 12.2. The summed E-state index contributed by atoms with van der Waals surface area (Å²) in [6.07, 6.45) is 0. The van der Waals surface area contributed by atoms with E-state index in [-0.39, 0.29) is 12.2 Å². The summed E-state index contributed by atoms with van der Waals surface area (Å²) in [6.45, 7) is 2.87. The van der Waals surface area contributed by atoms with Gasteiger partial charge < -0.3 is 9.84 Å². The van der Waals surface area contributed by atoms with Gasteiger partial charge in [0.2, 0.25) is 11.4 Å². The summed E-state index contributed by atoms with van der Waals surface area (Å²) in [6, 6.07) is 8.14.